The van der Waals surface area contributed by atoms with Crippen LogP contribution in [0.3, 0.4) is 0 Å². The Morgan fingerprint density at radius 3 is 2.17 bits per heavy atom. The summed E-state index contributed by atoms with van der Waals surface area (Å²) in [6, 6.07) is -0.853. The number of nitrogens with zero attached hydrogens (tertiary/aromatic N) is 1. The van der Waals surface area contributed by atoms with Gasteiger partial charge in [-0.3, -0.25) is 13.8 Å². The molecule has 0 bridgehead atoms. The molecule has 0 aliphatic carbocycles. The quantitative estimate of drug-likeness (QED) is 0.0794. The number of amides is 1. The highest BCUT2D eigenvalue weighted by molar-refractivity contribution is 7.47. The number of likely N-dealkylation sites (N-methyl/N-ethyl adjacent to an activating group) is 1. The molecule has 0 saturated heterocycles. The fourth-order valence-corrected chi connectivity index (χ4v) is 3.93. The van der Waals surface area contributed by atoms with Gasteiger partial charge in [-0.2, -0.15) is 0 Å². The van der Waals surface area contributed by atoms with Crippen molar-refractivity contribution in [1.29, 1.82) is 0 Å². The normalized spacial score (nSPS) is 16.0. The number of nitrogens with one attached hydrogen (secondary N) is 1. The van der Waals surface area contributed by atoms with Gasteiger partial charge in [-0.25, -0.2) is 4.57 Å². The minimum Gasteiger partial charge on any atom is -0.387 e. The van der Waals surface area contributed by atoms with Gasteiger partial charge >= 0.3 is 7.82 Å². The van der Waals surface area contributed by atoms with Gasteiger partial charge in [-0.1, -0.05) is 76.7 Å². The van der Waals surface area contributed by atoms with Gasteiger partial charge in [0.15, 0.2) is 0 Å². The number of hydrogen-bond acceptors (Lipinski definition) is 5. The van der Waals surface area contributed by atoms with Crippen molar-refractivity contribution in [3.05, 3.63) is 24.3 Å². The van der Waals surface area contributed by atoms with Crippen molar-refractivity contribution in [3.8, 4) is 0 Å². The Kier molecular flexibility index (Phi) is 19.5. The number of phosphoric acid groups is 1. The maximum Gasteiger partial charge on any atom is 0.472 e. The Bertz CT molecular complexity index is 648. The topological polar surface area (TPSA) is 105 Å². The molecule has 9 heteroatoms. The van der Waals surface area contributed by atoms with Gasteiger partial charge in [0, 0.05) is 6.42 Å². The third kappa shape index (κ3) is 21.9. The maximum absolute atomic E-state index is 12.2. The van der Waals surface area contributed by atoms with Gasteiger partial charge in [-0.15, -0.1) is 0 Å². The van der Waals surface area contributed by atoms with Crippen molar-refractivity contribution in [2.75, 3.05) is 40.9 Å². The maximum atomic E-state index is 12.2. The highest BCUT2D eigenvalue weighted by Gasteiger charge is 2.27. The zero-order valence-electron chi connectivity index (χ0n) is 22.8. The molecule has 0 radical (unpaired) electrons. The van der Waals surface area contributed by atoms with E-state index in [4.69, 9.17) is 9.05 Å². The average molecular weight is 520 g/mol. The van der Waals surface area contributed by atoms with Crippen molar-refractivity contribution >= 4 is 13.7 Å². The van der Waals surface area contributed by atoms with Crippen molar-refractivity contribution in [1.82, 2.24) is 5.32 Å². The lowest BCUT2D eigenvalue weighted by atomic mass is 10.1. The van der Waals surface area contributed by atoms with E-state index in [1.165, 1.54) is 44.9 Å². The second kappa shape index (κ2) is 20.1. The van der Waals surface area contributed by atoms with E-state index in [1.54, 1.807) is 13.0 Å². The standard InChI is InChI=1S/C26H51N2O6P/c1-6-8-9-10-11-12-13-14-15-16-17-18-19-20-25(29)24(27-26(30)7-2)23-34-35(31,32)33-22-21-28(3,4)5/h15-16,19-20,24-25,29H,6-14,17-18,21-23H2,1-5H3,(H-,27,30,31,32)/p+1/b16-15+,20-19+. The van der Waals surface area contributed by atoms with Gasteiger partial charge in [0.05, 0.1) is 39.9 Å². The Hall–Kier alpha value is -1.02. The zero-order chi connectivity index (χ0) is 26.6. The van der Waals surface area contributed by atoms with Crippen LogP contribution < -0.4 is 5.32 Å². The molecule has 1 amide bonds. The summed E-state index contributed by atoms with van der Waals surface area (Å²) in [5, 5.41) is 13.1. The molecule has 3 atom stereocenters. The summed E-state index contributed by atoms with van der Waals surface area (Å²) in [7, 11) is 1.54. The van der Waals surface area contributed by atoms with Crippen LogP contribution in [0.1, 0.15) is 84.5 Å². The van der Waals surface area contributed by atoms with Gasteiger partial charge in [0.1, 0.15) is 13.2 Å². The van der Waals surface area contributed by atoms with E-state index in [9.17, 15) is 19.4 Å². The monoisotopic (exact) mass is 519 g/mol. The number of phosphoric ester groups is 1. The molecule has 0 aromatic carbocycles. The minimum absolute atomic E-state index is 0.0538. The summed E-state index contributed by atoms with van der Waals surface area (Å²) in [5.41, 5.74) is 0. The van der Waals surface area contributed by atoms with Crippen LogP contribution in [-0.2, 0) is 18.4 Å². The second-order valence-corrected chi connectivity index (χ2v) is 11.5. The van der Waals surface area contributed by atoms with Crippen molar-refractivity contribution in [2.45, 2.75) is 96.6 Å². The Morgan fingerprint density at radius 1 is 0.943 bits per heavy atom. The lowest BCUT2D eigenvalue weighted by Gasteiger charge is -2.25. The number of allylic oxidation sites excluding steroid dienone is 3. The van der Waals surface area contributed by atoms with Crippen LogP contribution in [0.4, 0.5) is 0 Å². The first-order valence-electron chi connectivity index (χ1n) is 13.2. The van der Waals surface area contributed by atoms with Gasteiger partial charge in [0.25, 0.3) is 0 Å². The number of quaternary nitrogens is 1. The number of unbranched alkanes of at least 4 members (excludes halogenated alkanes) is 8. The number of aliphatic hydroxyl groups is 1. The smallest absolute Gasteiger partial charge is 0.387 e. The van der Waals surface area contributed by atoms with E-state index >= 15 is 0 Å². The van der Waals surface area contributed by atoms with E-state index in [0.29, 0.717) is 11.0 Å². The van der Waals surface area contributed by atoms with Crippen LogP contribution in [0.25, 0.3) is 0 Å². The molecule has 206 valence electrons. The van der Waals surface area contributed by atoms with Crippen LogP contribution in [0, 0.1) is 0 Å². The highest BCUT2D eigenvalue weighted by atomic mass is 31.2. The highest BCUT2D eigenvalue weighted by Crippen LogP contribution is 2.43. The molecule has 3 unspecified atom stereocenters. The largest absolute Gasteiger partial charge is 0.472 e. The molecule has 0 aromatic rings. The lowest BCUT2D eigenvalue weighted by Crippen LogP contribution is -2.45. The molecule has 0 saturated carbocycles. The van der Waals surface area contributed by atoms with Crippen LogP contribution in [-0.4, -0.2) is 73.4 Å². The summed E-state index contributed by atoms with van der Waals surface area (Å²) in [4.78, 5) is 21.8. The molecule has 0 rings (SSSR count). The van der Waals surface area contributed by atoms with Crippen LogP contribution in [0.2, 0.25) is 0 Å². The van der Waals surface area contributed by atoms with Gasteiger partial charge in [-0.05, 0) is 25.7 Å². The van der Waals surface area contributed by atoms with Crippen molar-refractivity contribution in [2.24, 2.45) is 0 Å². The summed E-state index contributed by atoms with van der Waals surface area (Å²) in [6.07, 6.45) is 18.9. The molecule has 0 spiro atoms. The van der Waals surface area contributed by atoms with Crippen molar-refractivity contribution in [3.63, 3.8) is 0 Å². The third-order valence-electron chi connectivity index (χ3n) is 5.49. The number of rotatable bonds is 22. The third-order valence-corrected chi connectivity index (χ3v) is 6.47. The predicted molar refractivity (Wildman–Crippen MR) is 143 cm³/mol. The summed E-state index contributed by atoms with van der Waals surface area (Å²) in [6.45, 7) is 4.17. The molecule has 8 nitrogen and oxygen atoms in total. The summed E-state index contributed by atoms with van der Waals surface area (Å²) in [5.74, 6) is -0.280. The van der Waals surface area contributed by atoms with Crippen molar-refractivity contribution < 1.29 is 32.9 Å². The Labute approximate surface area is 214 Å². The number of carbonyl (C=O) groups is 1. The first-order chi connectivity index (χ1) is 16.5. The first-order valence-corrected chi connectivity index (χ1v) is 14.7. The first kappa shape index (κ1) is 34.0. The molecule has 0 aliphatic heterocycles. The molecule has 0 heterocycles. The minimum atomic E-state index is -4.29. The van der Waals surface area contributed by atoms with Crippen LogP contribution in [0.15, 0.2) is 24.3 Å². The number of carbonyl (C=O) groups excluding carboxylic acids is 1. The SMILES string of the molecule is CCCCCCCCC/C=C/CC/C=C/C(O)C(COP(=O)(O)OCC[N+](C)(C)C)NC(=O)CC. The molecular formula is C26H52N2O6P+. The van der Waals surface area contributed by atoms with Crippen LogP contribution >= 0.6 is 7.82 Å². The summed E-state index contributed by atoms with van der Waals surface area (Å²) < 4.78 is 22.8. The van der Waals surface area contributed by atoms with E-state index in [2.05, 4.69) is 24.4 Å². The number of hydrogen-bond donors (Lipinski definition) is 3. The fraction of sp³-hybridized carbons (Fsp3) is 0.808. The molecule has 3 N–H and O–H groups in total. The van der Waals surface area contributed by atoms with E-state index in [-0.39, 0.29) is 25.5 Å². The zero-order valence-corrected chi connectivity index (χ0v) is 23.7. The van der Waals surface area contributed by atoms with E-state index < -0.39 is 20.0 Å². The van der Waals surface area contributed by atoms with Crippen LogP contribution in [0.5, 0.6) is 0 Å². The molecule has 0 aliphatic rings. The van der Waals surface area contributed by atoms with E-state index in [0.717, 1.165) is 19.3 Å². The lowest BCUT2D eigenvalue weighted by molar-refractivity contribution is -0.870. The molecule has 35 heavy (non-hydrogen) atoms. The molecule has 0 fully saturated rings. The predicted octanol–water partition coefficient (Wildman–Crippen LogP) is 5.12. The van der Waals surface area contributed by atoms with Gasteiger partial charge < -0.3 is 19.8 Å². The Morgan fingerprint density at radius 2 is 1.54 bits per heavy atom. The fourth-order valence-electron chi connectivity index (χ4n) is 3.19. The summed E-state index contributed by atoms with van der Waals surface area (Å²) >= 11 is 0. The molecule has 0 aromatic heterocycles. The van der Waals surface area contributed by atoms with E-state index in [1.807, 2.05) is 27.2 Å². The average Bonchev–Trinajstić information content (AvgIpc) is 2.78. The number of aliphatic hydroxyl groups excluding tert-OH is 1. The second-order valence-electron chi connectivity index (χ2n) is 10.0. The Balaban J connectivity index is 4.38. The molecular weight excluding hydrogens is 467 g/mol. The van der Waals surface area contributed by atoms with Gasteiger partial charge in [0.2, 0.25) is 5.91 Å².